The quantitative estimate of drug-likeness (QED) is 0.761. The molecule has 0 aromatic carbocycles. The summed E-state index contributed by atoms with van der Waals surface area (Å²) in [7, 11) is -2.84. The standard InChI is InChI=1S/C13H26N2O2S/c1-2-3-7-14-12-10-18(16,17)11-13(12)15-8-5-4-6-9-15/h12-14H,2-11H2,1H3/t12-,13+/m1/s1. The molecule has 2 saturated heterocycles. The maximum Gasteiger partial charge on any atom is 0.153 e. The molecule has 2 aliphatic rings. The van der Waals surface area contributed by atoms with Gasteiger partial charge in [0, 0.05) is 12.1 Å². The van der Waals surface area contributed by atoms with Gasteiger partial charge in [0.1, 0.15) is 0 Å². The Bertz CT molecular complexity index is 350. The minimum absolute atomic E-state index is 0.152. The predicted octanol–water partition coefficient (Wildman–Crippen LogP) is 1.03. The maximum absolute atomic E-state index is 11.9. The van der Waals surface area contributed by atoms with E-state index in [1.165, 1.54) is 19.3 Å². The zero-order valence-electron chi connectivity index (χ0n) is 11.4. The molecule has 2 heterocycles. The first-order valence-corrected chi connectivity index (χ1v) is 9.12. The van der Waals surface area contributed by atoms with Crippen LogP contribution in [-0.2, 0) is 9.84 Å². The first kappa shape index (κ1) is 14.3. The third-order valence-corrected chi connectivity index (χ3v) is 5.84. The van der Waals surface area contributed by atoms with Gasteiger partial charge in [0.25, 0.3) is 0 Å². The van der Waals surface area contributed by atoms with E-state index in [2.05, 4.69) is 17.1 Å². The number of hydrogen-bond acceptors (Lipinski definition) is 4. The van der Waals surface area contributed by atoms with E-state index in [0.717, 1.165) is 32.5 Å². The van der Waals surface area contributed by atoms with E-state index in [1.54, 1.807) is 0 Å². The molecular formula is C13H26N2O2S. The van der Waals surface area contributed by atoms with Crippen LogP contribution >= 0.6 is 0 Å². The molecular weight excluding hydrogens is 248 g/mol. The zero-order chi connectivity index (χ0) is 13.0. The summed E-state index contributed by atoms with van der Waals surface area (Å²) in [5, 5.41) is 3.46. The molecule has 0 bridgehead atoms. The van der Waals surface area contributed by atoms with E-state index in [0.29, 0.717) is 11.5 Å². The fourth-order valence-corrected chi connectivity index (χ4v) is 5.08. The van der Waals surface area contributed by atoms with Crippen LogP contribution in [0.2, 0.25) is 0 Å². The summed E-state index contributed by atoms with van der Waals surface area (Å²) in [4.78, 5) is 2.40. The summed E-state index contributed by atoms with van der Waals surface area (Å²) in [6, 6.07) is 0.367. The fraction of sp³-hybridized carbons (Fsp3) is 1.00. The van der Waals surface area contributed by atoms with Crippen LogP contribution in [0, 0.1) is 0 Å². The maximum atomic E-state index is 11.9. The monoisotopic (exact) mass is 274 g/mol. The average Bonchev–Trinajstić information content (AvgIpc) is 2.66. The molecule has 0 unspecified atom stereocenters. The lowest BCUT2D eigenvalue weighted by atomic mass is 10.0. The van der Waals surface area contributed by atoms with Crippen molar-refractivity contribution in [2.45, 2.75) is 51.1 Å². The van der Waals surface area contributed by atoms with Crippen molar-refractivity contribution in [3.8, 4) is 0 Å². The van der Waals surface area contributed by atoms with Gasteiger partial charge in [-0.05, 0) is 38.9 Å². The van der Waals surface area contributed by atoms with E-state index in [4.69, 9.17) is 0 Å². The summed E-state index contributed by atoms with van der Waals surface area (Å²) >= 11 is 0. The molecule has 0 spiro atoms. The van der Waals surface area contributed by atoms with Crippen LogP contribution in [0.5, 0.6) is 0 Å². The van der Waals surface area contributed by atoms with Crippen molar-refractivity contribution in [2.75, 3.05) is 31.1 Å². The lowest BCUT2D eigenvalue weighted by molar-refractivity contribution is 0.155. The number of nitrogens with zero attached hydrogens (tertiary/aromatic N) is 1. The molecule has 0 aromatic heterocycles. The van der Waals surface area contributed by atoms with Crippen LogP contribution in [0.25, 0.3) is 0 Å². The van der Waals surface area contributed by atoms with Gasteiger partial charge in [-0.25, -0.2) is 8.42 Å². The van der Waals surface area contributed by atoms with Gasteiger partial charge in [-0.2, -0.15) is 0 Å². The molecule has 4 nitrogen and oxygen atoms in total. The van der Waals surface area contributed by atoms with Gasteiger partial charge >= 0.3 is 0 Å². The van der Waals surface area contributed by atoms with Gasteiger partial charge in [-0.3, -0.25) is 4.90 Å². The Morgan fingerprint density at radius 1 is 1.17 bits per heavy atom. The Hall–Kier alpha value is -0.130. The van der Waals surface area contributed by atoms with E-state index < -0.39 is 9.84 Å². The third-order valence-electron chi connectivity index (χ3n) is 4.12. The summed E-state index contributed by atoms with van der Waals surface area (Å²) in [6.07, 6.45) is 6.02. The van der Waals surface area contributed by atoms with E-state index in [9.17, 15) is 8.42 Å². The predicted molar refractivity (Wildman–Crippen MR) is 74.6 cm³/mol. The Morgan fingerprint density at radius 2 is 1.89 bits per heavy atom. The number of rotatable bonds is 5. The van der Waals surface area contributed by atoms with E-state index >= 15 is 0 Å². The van der Waals surface area contributed by atoms with Gasteiger partial charge in [0.2, 0.25) is 0 Å². The van der Waals surface area contributed by atoms with Crippen LogP contribution in [0.3, 0.4) is 0 Å². The van der Waals surface area contributed by atoms with Crippen molar-refractivity contribution in [3.05, 3.63) is 0 Å². The number of likely N-dealkylation sites (tertiary alicyclic amines) is 1. The molecule has 1 N–H and O–H groups in total. The Balaban J connectivity index is 1.95. The van der Waals surface area contributed by atoms with Crippen molar-refractivity contribution in [2.24, 2.45) is 0 Å². The first-order valence-electron chi connectivity index (χ1n) is 7.30. The number of piperidine rings is 1. The smallest absolute Gasteiger partial charge is 0.153 e. The summed E-state index contributed by atoms with van der Waals surface area (Å²) in [5.74, 6) is 0.689. The molecule has 2 atom stereocenters. The lowest BCUT2D eigenvalue weighted by Crippen LogP contribution is -2.51. The third kappa shape index (κ3) is 3.68. The Labute approximate surface area is 111 Å². The summed E-state index contributed by atoms with van der Waals surface area (Å²) in [5.41, 5.74) is 0. The van der Waals surface area contributed by atoms with Crippen LogP contribution < -0.4 is 5.32 Å². The molecule has 5 heteroatoms. The SMILES string of the molecule is CCCCN[C@@H]1CS(=O)(=O)C[C@@H]1N1CCCCC1. The number of sulfone groups is 1. The largest absolute Gasteiger partial charge is 0.311 e. The minimum Gasteiger partial charge on any atom is -0.311 e. The second-order valence-corrected chi connectivity index (χ2v) is 7.81. The molecule has 2 aliphatic heterocycles. The first-order chi connectivity index (χ1) is 8.62. The lowest BCUT2D eigenvalue weighted by Gasteiger charge is -2.35. The van der Waals surface area contributed by atoms with Gasteiger partial charge in [0.15, 0.2) is 9.84 Å². The molecule has 2 rings (SSSR count). The van der Waals surface area contributed by atoms with Crippen LogP contribution in [0.1, 0.15) is 39.0 Å². The molecule has 0 aromatic rings. The highest BCUT2D eigenvalue weighted by atomic mass is 32.2. The van der Waals surface area contributed by atoms with Crippen molar-refractivity contribution in [1.29, 1.82) is 0 Å². The van der Waals surface area contributed by atoms with E-state index in [1.807, 2.05) is 0 Å². The van der Waals surface area contributed by atoms with Gasteiger partial charge in [-0.15, -0.1) is 0 Å². The average molecular weight is 274 g/mol. The minimum atomic E-state index is -2.84. The van der Waals surface area contributed by atoms with Crippen molar-refractivity contribution >= 4 is 9.84 Å². The number of nitrogens with one attached hydrogen (secondary N) is 1. The van der Waals surface area contributed by atoms with Crippen LogP contribution in [-0.4, -0.2) is 56.5 Å². The van der Waals surface area contributed by atoms with E-state index in [-0.39, 0.29) is 12.1 Å². The zero-order valence-corrected chi connectivity index (χ0v) is 12.2. The summed E-state index contributed by atoms with van der Waals surface area (Å²) in [6.45, 7) is 5.26. The van der Waals surface area contributed by atoms with Crippen molar-refractivity contribution in [1.82, 2.24) is 10.2 Å². The molecule has 0 radical (unpaired) electrons. The molecule has 0 saturated carbocycles. The second kappa shape index (κ2) is 6.35. The molecule has 2 fully saturated rings. The highest BCUT2D eigenvalue weighted by Crippen LogP contribution is 2.22. The van der Waals surface area contributed by atoms with Crippen LogP contribution in [0.15, 0.2) is 0 Å². The Morgan fingerprint density at radius 3 is 2.56 bits per heavy atom. The second-order valence-electron chi connectivity index (χ2n) is 5.66. The molecule has 18 heavy (non-hydrogen) atoms. The van der Waals surface area contributed by atoms with Gasteiger partial charge in [0.05, 0.1) is 11.5 Å². The van der Waals surface area contributed by atoms with Crippen molar-refractivity contribution in [3.63, 3.8) is 0 Å². The fourth-order valence-electron chi connectivity index (χ4n) is 3.10. The summed E-state index contributed by atoms with van der Waals surface area (Å²) < 4.78 is 23.7. The van der Waals surface area contributed by atoms with Gasteiger partial charge in [-0.1, -0.05) is 19.8 Å². The number of unbranched alkanes of at least 4 members (excludes halogenated alkanes) is 1. The molecule has 0 amide bonds. The number of hydrogen-bond donors (Lipinski definition) is 1. The highest BCUT2D eigenvalue weighted by Gasteiger charge is 2.40. The highest BCUT2D eigenvalue weighted by molar-refractivity contribution is 7.91. The topological polar surface area (TPSA) is 49.4 Å². The van der Waals surface area contributed by atoms with Crippen molar-refractivity contribution < 1.29 is 8.42 Å². The van der Waals surface area contributed by atoms with Gasteiger partial charge < -0.3 is 5.32 Å². The normalized spacial score (nSPS) is 32.7. The van der Waals surface area contributed by atoms with Crippen LogP contribution in [0.4, 0.5) is 0 Å². The molecule has 106 valence electrons. The molecule has 0 aliphatic carbocycles. The Kier molecular flexibility index (Phi) is 5.04.